The SMILES string of the molecule is COc1cccc([C@H](N)c2nc(-c3cccc([N+](=O)[O-])c3)n[nH]2)c1. The molecule has 0 spiro atoms. The van der Waals surface area contributed by atoms with Gasteiger partial charge >= 0.3 is 0 Å². The second kappa shape index (κ2) is 6.47. The van der Waals surface area contributed by atoms with Crippen LogP contribution in [0.15, 0.2) is 48.5 Å². The first-order chi connectivity index (χ1) is 11.6. The molecule has 3 aromatic rings. The number of methoxy groups -OCH3 is 1. The van der Waals surface area contributed by atoms with Crippen LogP contribution in [0.2, 0.25) is 0 Å². The lowest BCUT2D eigenvalue weighted by Gasteiger charge is -2.09. The van der Waals surface area contributed by atoms with Crippen molar-refractivity contribution in [2.45, 2.75) is 6.04 Å². The molecule has 0 unspecified atom stereocenters. The molecule has 3 N–H and O–H groups in total. The predicted molar refractivity (Wildman–Crippen MR) is 87.5 cm³/mol. The van der Waals surface area contributed by atoms with Crippen LogP contribution in [0.4, 0.5) is 5.69 Å². The summed E-state index contributed by atoms with van der Waals surface area (Å²) < 4.78 is 5.19. The molecule has 1 aromatic heterocycles. The Balaban J connectivity index is 1.90. The Bertz CT molecular complexity index is 877. The number of benzene rings is 2. The highest BCUT2D eigenvalue weighted by molar-refractivity contribution is 5.58. The monoisotopic (exact) mass is 325 g/mol. The van der Waals surface area contributed by atoms with E-state index in [1.807, 2.05) is 24.3 Å². The minimum absolute atomic E-state index is 0.0176. The summed E-state index contributed by atoms with van der Waals surface area (Å²) in [5.41, 5.74) is 7.56. The number of aromatic nitrogens is 3. The maximum Gasteiger partial charge on any atom is 0.270 e. The lowest BCUT2D eigenvalue weighted by Crippen LogP contribution is -2.13. The van der Waals surface area contributed by atoms with E-state index in [-0.39, 0.29) is 5.69 Å². The zero-order valence-electron chi connectivity index (χ0n) is 12.8. The van der Waals surface area contributed by atoms with Gasteiger partial charge in [-0.25, -0.2) is 4.98 Å². The van der Waals surface area contributed by atoms with Crippen LogP contribution >= 0.6 is 0 Å². The fraction of sp³-hybridized carbons (Fsp3) is 0.125. The Labute approximate surface area is 137 Å². The van der Waals surface area contributed by atoms with Crippen LogP contribution in [-0.4, -0.2) is 27.2 Å². The van der Waals surface area contributed by atoms with E-state index in [2.05, 4.69) is 15.2 Å². The average Bonchev–Trinajstić information content (AvgIpc) is 3.11. The number of ether oxygens (including phenoxy) is 1. The van der Waals surface area contributed by atoms with Crippen molar-refractivity contribution >= 4 is 5.69 Å². The van der Waals surface area contributed by atoms with Gasteiger partial charge in [-0.15, -0.1) is 0 Å². The second-order valence-electron chi connectivity index (χ2n) is 5.11. The number of H-pyrrole nitrogens is 1. The van der Waals surface area contributed by atoms with Gasteiger partial charge in [-0.05, 0) is 17.7 Å². The van der Waals surface area contributed by atoms with Gasteiger partial charge in [0.2, 0.25) is 0 Å². The van der Waals surface area contributed by atoms with Crippen molar-refractivity contribution in [2.24, 2.45) is 5.73 Å². The van der Waals surface area contributed by atoms with Gasteiger partial charge < -0.3 is 10.5 Å². The molecule has 8 heteroatoms. The summed E-state index contributed by atoms with van der Waals surface area (Å²) in [5, 5.41) is 17.8. The summed E-state index contributed by atoms with van der Waals surface area (Å²) in [6, 6.07) is 13.0. The molecule has 8 nitrogen and oxygen atoms in total. The molecule has 24 heavy (non-hydrogen) atoms. The van der Waals surface area contributed by atoms with E-state index in [1.165, 1.54) is 12.1 Å². The summed E-state index contributed by atoms with van der Waals surface area (Å²) in [5.74, 6) is 1.51. The molecule has 3 rings (SSSR count). The van der Waals surface area contributed by atoms with E-state index in [9.17, 15) is 10.1 Å². The minimum atomic E-state index is -0.514. The van der Waals surface area contributed by atoms with Crippen LogP contribution < -0.4 is 10.5 Å². The van der Waals surface area contributed by atoms with Gasteiger partial charge in [-0.2, -0.15) is 5.10 Å². The van der Waals surface area contributed by atoms with E-state index in [0.29, 0.717) is 23.0 Å². The number of nitrogens with zero attached hydrogens (tertiary/aromatic N) is 3. The molecule has 122 valence electrons. The first-order valence-electron chi connectivity index (χ1n) is 7.15. The highest BCUT2D eigenvalue weighted by atomic mass is 16.6. The Hall–Kier alpha value is -3.26. The van der Waals surface area contributed by atoms with Gasteiger partial charge in [-0.1, -0.05) is 24.3 Å². The minimum Gasteiger partial charge on any atom is -0.497 e. The highest BCUT2D eigenvalue weighted by Crippen LogP contribution is 2.24. The van der Waals surface area contributed by atoms with Crippen LogP contribution in [0.1, 0.15) is 17.4 Å². The quantitative estimate of drug-likeness (QED) is 0.549. The molecule has 2 aromatic carbocycles. The Kier molecular flexibility index (Phi) is 4.21. The van der Waals surface area contributed by atoms with Crippen molar-refractivity contribution in [3.05, 3.63) is 70.0 Å². The maximum atomic E-state index is 10.9. The number of nitrogens with two attached hydrogens (primary N) is 1. The normalized spacial score (nSPS) is 11.9. The summed E-state index contributed by atoms with van der Waals surface area (Å²) >= 11 is 0. The average molecular weight is 325 g/mol. The molecule has 1 atom stereocenters. The van der Waals surface area contributed by atoms with Gasteiger partial charge in [0.15, 0.2) is 5.82 Å². The molecule has 0 aliphatic heterocycles. The molecule has 1 heterocycles. The smallest absolute Gasteiger partial charge is 0.270 e. The van der Waals surface area contributed by atoms with Gasteiger partial charge in [-0.3, -0.25) is 15.2 Å². The van der Waals surface area contributed by atoms with E-state index >= 15 is 0 Å². The van der Waals surface area contributed by atoms with Gasteiger partial charge in [0.1, 0.15) is 11.6 Å². The van der Waals surface area contributed by atoms with Crippen LogP contribution in [0.3, 0.4) is 0 Å². The molecule has 0 fully saturated rings. The number of hydrogen-bond acceptors (Lipinski definition) is 6. The molecule has 0 aliphatic rings. The summed E-state index contributed by atoms with van der Waals surface area (Å²) in [4.78, 5) is 14.8. The van der Waals surface area contributed by atoms with Gasteiger partial charge in [0.25, 0.3) is 5.69 Å². The van der Waals surface area contributed by atoms with Crippen LogP contribution in [0, 0.1) is 10.1 Å². The third-order valence-electron chi connectivity index (χ3n) is 3.57. The zero-order chi connectivity index (χ0) is 17.1. The van der Waals surface area contributed by atoms with Crippen LogP contribution in [-0.2, 0) is 0 Å². The summed E-state index contributed by atoms with van der Waals surface area (Å²) in [7, 11) is 1.58. The number of nitro benzene ring substituents is 1. The predicted octanol–water partition coefficient (Wildman–Crippen LogP) is 2.44. The van der Waals surface area contributed by atoms with E-state index in [4.69, 9.17) is 10.5 Å². The Morgan fingerprint density at radius 2 is 2.04 bits per heavy atom. The van der Waals surface area contributed by atoms with E-state index < -0.39 is 11.0 Å². The number of aromatic amines is 1. The fourth-order valence-corrected chi connectivity index (χ4v) is 2.29. The maximum absolute atomic E-state index is 10.9. The number of nitrogens with one attached hydrogen (secondary N) is 1. The van der Waals surface area contributed by atoms with E-state index in [1.54, 1.807) is 19.2 Å². The molecular formula is C16H15N5O3. The van der Waals surface area contributed by atoms with Gasteiger partial charge in [0.05, 0.1) is 18.1 Å². The molecule has 0 amide bonds. The molecule has 0 aliphatic carbocycles. The largest absolute Gasteiger partial charge is 0.497 e. The van der Waals surface area contributed by atoms with Crippen molar-refractivity contribution in [3.63, 3.8) is 0 Å². The topological polar surface area (TPSA) is 120 Å². The zero-order valence-corrected chi connectivity index (χ0v) is 12.8. The number of rotatable bonds is 5. The van der Waals surface area contributed by atoms with Crippen molar-refractivity contribution in [2.75, 3.05) is 7.11 Å². The summed E-state index contributed by atoms with van der Waals surface area (Å²) in [6.07, 6.45) is 0. The van der Waals surface area contributed by atoms with Crippen molar-refractivity contribution < 1.29 is 9.66 Å². The highest BCUT2D eigenvalue weighted by Gasteiger charge is 2.16. The van der Waals surface area contributed by atoms with Crippen molar-refractivity contribution in [1.82, 2.24) is 15.2 Å². The molecule has 0 saturated heterocycles. The fourth-order valence-electron chi connectivity index (χ4n) is 2.29. The van der Waals surface area contributed by atoms with Gasteiger partial charge in [0, 0.05) is 17.7 Å². The first-order valence-corrected chi connectivity index (χ1v) is 7.15. The van der Waals surface area contributed by atoms with E-state index in [0.717, 1.165) is 5.56 Å². The van der Waals surface area contributed by atoms with Crippen LogP contribution in [0.25, 0.3) is 11.4 Å². The Morgan fingerprint density at radius 3 is 2.79 bits per heavy atom. The first kappa shape index (κ1) is 15.6. The summed E-state index contributed by atoms with van der Waals surface area (Å²) in [6.45, 7) is 0. The standard InChI is InChI=1S/C16H15N5O3/c1-24-13-7-3-4-10(9-13)14(17)16-18-15(19-20-16)11-5-2-6-12(8-11)21(22)23/h2-9,14H,17H2,1H3,(H,18,19,20)/t14-/m0/s1. The number of nitro groups is 1. The van der Waals surface area contributed by atoms with Crippen molar-refractivity contribution in [1.29, 1.82) is 0 Å². The molecule has 0 saturated carbocycles. The lowest BCUT2D eigenvalue weighted by molar-refractivity contribution is -0.384. The third-order valence-corrected chi connectivity index (χ3v) is 3.57. The Morgan fingerprint density at radius 1 is 1.25 bits per heavy atom. The number of hydrogen-bond donors (Lipinski definition) is 2. The number of non-ortho nitro benzene ring substituents is 1. The molecular weight excluding hydrogens is 310 g/mol. The molecule has 0 bridgehead atoms. The molecule has 0 radical (unpaired) electrons. The van der Waals surface area contributed by atoms with Crippen LogP contribution in [0.5, 0.6) is 5.75 Å². The second-order valence-corrected chi connectivity index (χ2v) is 5.11. The third kappa shape index (κ3) is 3.08. The lowest BCUT2D eigenvalue weighted by atomic mass is 10.1. The van der Waals surface area contributed by atoms with Crippen molar-refractivity contribution in [3.8, 4) is 17.1 Å².